The Morgan fingerprint density at radius 3 is 2.71 bits per heavy atom. The molecule has 0 aliphatic rings. The molecule has 6 heteroatoms. The smallest absolute Gasteiger partial charge is 0.224 e. The second kappa shape index (κ2) is 5.04. The van der Waals surface area contributed by atoms with E-state index in [0.717, 1.165) is 11.1 Å². The van der Waals surface area contributed by atoms with Gasteiger partial charge in [-0.3, -0.25) is 9.10 Å². The Morgan fingerprint density at radius 2 is 2.00 bits per heavy atom. The van der Waals surface area contributed by atoms with Gasteiger partial charge in [-0.25, -0.2) is 0 Å². The number of nitrogens with zero attached hydrogens (tertiary/aromatic N) is 1. The number of hydrogen-bond acceptors (Lipinski definition) is 2. The fraction of sp³-hybridized carbons (Fsp3) is 0. The zero-order valence-electron chi connectivity index (χ0n) is 8.52. The number of anilines is 1. The van der Waals surface area contributed by atoms with Crippen LogP contribution in [0.5, 0.6) is 0 Å². The number of nitrogens with one attached hydrogen (secondary N) is 1. The summed E-state index contributed by atoms with van der Waals surface area (Å²) in [6, 6.07) is 5.33. The van der Waals surface area contributed by atoms with E-state index in [1.807, 2.05) is 6.07 Å². The van der Waals surface area contributed by atoms with E-state index in [1.165, 1.54) is 4.31 Å². The van der Waals surface area contributed by atoms with Gasteiger partial charge in [0.25, 0.3) is 0 Å². The largest absolute Gasteiger partial charge is 0.365 e. The van der Waals surface area contributed by atoms with Crippen molar-refractivity contribution in [2.24, 2.45) is 0 Å². The molecule has 1 amide bonds. The van der Waals surface area contributed by atoms with Crippen molar-refractivity contribution in [1.29, 1.82) is 0 Å². The van der Waals surface area contributed by atoms with Crippen molar-refractivity contribution in [3.8, 4) is 11.1 Å². The topological polar surface area (TPSA) is 36.1 Å². The van der Waals surface area contributed by atoms with Crippen molar-refractivity contribution < 1.29 is 4.79 Å². The van der Waals surface area contributed by atoms with Gasteiger partial charge in [-0.05, 0) is 6.07 Å². The lowest BCUT2D eigenvalue weighted by molar-refractivity contribution is -0.106. The number of aromatic amines is 1. The van der Waals surface area contributed by atoms with Gasteiger partial charge in [-0.1, -0.05) is 48.1 Å². The first-order valence-electron chi connectivity index (χ1n) is 4.69. The molecule has 3 nitrogen and oxygen atoms in total. The van der Waals surface area contributed by atoms with Crippen LogP contribution < -0.4 is 4.31 Å². The Kier molecular flexibility index (Phi) is 3.66. The summed E-state index contributed by atoms with van der Waals surface area (Å²) in [4.78, 5) is 13.6. The number of H-pyrrole nitrogens is 1. The number of rotatable bonds is 3. The molecule has 0 bridgehead atoms. The molecular formula is C11H8Cl2N2OS. The monoisotopic (exact) mass is 286 g/mol. The Labute approximate surface area is 114 Å². The normalized spacial score (nSPS) is 10.3. The first-order chi connectivity index (χ1) is 8.15. The minimum atomic E-state index is 0.447. The van der Waals surface area contributed by atoms with Crippen molar-refractivity contribution in [2.75, 3.05) is 4.31 Å². The van der Waals surface area contributed by atoms with Crippen LogP contribution in [0.15, 0.2) is 30.6 Å². The second-order valence-electron chi connectivity index (χ2n) is 3.31. The van der Waals surface area contributed by atoms with E-state index in [9.17, 15) is 4.79 Å². The summed E-state index contributed by atoms with van der Waals surface area (Å²) in [6.07, 6.45) is 4.00. The van der Waals surface area contributed by atoms with E-state index in [1.54, 1.807) is 24.5 Å². The molecule has 1 N–H and O–H groups in total. The average molecular weight is 287 g/mol. The van der Waals surface area contributed by atoms with Gasteiger partial charge >= 0.3 is 0 Å². The molecule has 17 heavy (non-hydrogen) atoms. The van der Waals surface area contributed by atoms with E-state index in [2.05, 4.69) is 17.8 Å². The van der Waals surface area contributed by atoms with Crippen LogP contribution in [-0.4, -0.2) is 11.4 Å². The lowest BCUT2D eigenvalue weighted by Crippen LogP contribution is -2.06. The van der Waals surface area contributed by atoms with Gasteiger partial charge in [0.2, 0.25) is 6.41 Å². The molecule has 2 aromatic rings. The standard InChI is InChI=1S/C11H8Cl2N2OS/c12-9-3-1-2-7(11(9)13)8-4-14-5-10(8)15(17)6-16/h1-6,14,17H. The fourth-order valence-corrected chi connectivity index (χ4v) is 2.10. The van der Waals surface area contributed by atoms with Crippen LogP contribution in [0.1, 0.15) is 0 Å². The Bertz CT molecular complexity index is 556. The number of hydrogen-bond donors (Lipinski definition) is 2. The van der Waals surface area contributed by atoms with Crippen LogP contribution in [-0.2, 0) is 4.79 Å². The maximum Gasteiger partial charge on any atom is 0.224 e. The number of benzene rings is 1. The van der Waals surface area contributed by atoms with Gasteiger partial charge in [0.15, 0.2) is 0 Å². The Morgan fingerprint density at radius 1 is 1.24 bits per heavy atom. The molecule has 0 unspecified atom stereocenters. The maximum atomic E-state index is 10.7. The minimum Gasteiger partial charge on any atom is -0.365 e. The van der Waals surface area contributed by atoms with E-state index in [4.69, 9.17) is 23.2 Å². The third-order valence-electron chi connectivity index (χ3n) is 2.31. The molecule has 0 aliphatic carbocycles. The number of carbonyl (C=O) groups is 1. The molecule has 0 radical (unpaired) electrons. The number of thiol groups is 1. The third-order valence-corrected chi connectivity index (χ3v) is 3.44. The maximum absolute atomic E-state index is 10.7. The van der Waals surface area contributed by atoms with E-state index in [0.29, 0.717) is 22.1 Å². The second-order valence-corrected chi connectivity index (χ2v) is 4.52. The van der Waals surface area contributed by atoms with Crippen LogP contribution in [0.2, 0.25) is 10.0 Å². The van der Waals surface area contributed by atoms with Crippen LogP contribution in [0, 0.1) is 0 Å². The number of amides is 1. The summed E-state index contributed by atoms with van der Waals surface area (Å²) < 4.78 is 1.17. The zero-order chi connectivity index (χ0) is 12.4. The average Bonchev–Trinajstić information content (AvgIpc) is 2.80. The summed E-state index contributed by atoms with van der Waals surface area (Å²) in [7, 11) is 0. The molecule has 0 saturated heterocycles. The van der Waals surface area contributed by atoms with Gasteiger partial charge < -0.3 is 4.98 Å². The van der Waals surface area contributed by atoms with Crippen LogP contribution >= 0.6 is 36.0 Å². The van der Waals surface area contributed by atoms with Gasteiger partial charge in [-0.15, -0.1) is 0 Å². The summed E-state index contributed by atoms with van der Waals surface area (Å²) in [6.45, 7) is 0. The molecular weight excluding hydrogens is 279 g/mol. The van der Waals surface area contributed by atoms with Crippen molar-refractivity contribution in [3.05, 3.63) is 40.6 Å². The predicted molar refractivity (Wildman–Crippen MR) is 73.8 cm³/mol. The Hall–Kier alpha value is -1.10. The molecule has 0 fully saturated rings. The van der Waals surface area contributed by atoms with Crippen LogP contribution in [0.4, 0.5) is 5.69 Å². The van der Waals surface area contributed by atoms with Gasteiger partial charge in [0.05, 0.1) is 15.7 Å². The molecule has 0 spiro atoms. The number of halogens is 2. The first-order valence-corrected chi connectivity index (χ1v) is 5.85. The minimum absolute atomic E-state index is 0.447. The third kappa shape index (κ3) is 2.29. The highest BCUT2D eigenvalue weighted by molar-refractivity contribution is 7.82. The van der Waals surface area contributed by atoms with E-state index < -0.39 is 0 Å². The molecule has 0 atom stereocenters. The van der Waals surface area contributed by atoms with E-state index >= 15 is 0 Å². The molecule has 0 saturated carbocycles. The van der Waals surface area contributed by atoms with E-state index in [-0.39, 0.29) is 0 Å². The molecule has 2 rings (SSSR count). The number of carbonyl (C=O) groups excluding carboxylic acids is 1. The lowest BCUT2D eigenvalue weighted by Gasteiger charge is -2.11. The quantitative estimate of drug-likeness (QED) is 0.654. The van der Waals surface area contributed by atoms with Gasteiger partial charge in [0, 0.05) is 23.5 Å². The molecule has 1 heterocycles. The fourth-order valence-electron chi connectivity index (χ4n) is 1.53. The molecule has 88 valence electrons. The van der Waals surface area contributed by atoms with Crippen molar-refractivity contribution in [3.63, 3.8) is 0 Å². The Balaban J connectivity index is 2.57. The lowest BCUT2D eigenvalue weighted by atomic mass is 10.1. The van der Waals surface area contributed by atoms with Gasteiger partial charge in [-0.2, -0.15) is 0 Å². The zero-order valence-corrected chi connectivity index (χ0v) is 10.9. The highest BCUT2D eigenvalue weighted by Gasteiger charge is 2.14. The van der Waals surface area contributed by atoms with Gasteiger partial charge in [0.1, 0.15) is 0 Å². The highest BCUT2D eigenvalue weighted by atomic mass is 35.5. The predicted octanol–water partition coefficient (Wildman–Crippen LogP) is 3.80. The van der Waals surface area contributed by atoms with Crippen LogP contribution in [0.25, 0.3) is 11.1 Å². The molecule has 0 aliphatic heterocycles. The SMILES string of the molecule is O=CN(S)c1c[nH]cc1-c1cccc(Cl)c1Cl. The summed E-state index contributed by atoms with van der Waals surface area (Å²) in [5, 5.41) is 0.913. The van der Waals surface area contributed by atoms with Crippen molar-refractivity contribution in [1.82, 2.24) is 4.98 Å². The highest BCUT2D eigenvalue weighted by Crippen LogP contribution is 2.38. The van der Waals surface area contributed by atoms with Crippen molar-refractivity contribution >= 4 is 48.1 Å². The molecule has 1 aromatic carbocycles. The summed E-state index contributed by atoms with van der Waals surface area (Å²) in [5.41, 5.74) is 2.13. The van der Waals surface area contributed by atoms with Crippen molar-refractivity contribution in [2.45, 2.75) is 0 Å². The number of aromatic nitrogens is 1. The van der Waals surface area contributed by atoms with Crippen LogP contribution in [0.3, 0.4) is 0 Å². The first kappa shape index (κ1) is 12.4. The summed E-state index contributed by atoms with van der Waals surface area (Å²) in [5.74, 6) is 0. The molecule has 1 aromatic heterocycles. The summed E-state index contributed by atoms with van der Waals surface area (Å²) >= 11 is 16.1.